The zero-order valence-electron chi connectivity index (χ0n) is 9.48. The number of benzene rings is 1. The van der Waals surface area contributed by atoms with Gasteiger partial charge in [-0.15, -0.1) is 0 Å². The highest BCUT2D eigenvalue weighted by molar-refractivity contribution is 5.45. The zero-order valence-corrected chi connectivity index (χ0v) is 9.48. The minimum Gasteiger partial charge on any atom is -0.398 e. The number of rotatable bonds is 3. The number of pyridine rings is 1. The summed E-state index contributed by atoms with van der Waals surface area (Å²) in [6.45, 7) is 0. The first-order valence-corrected chi connectivity index (χ1v) is 5.39. The zero-order chi connectivity index (χ0) is 13.1. The van der Waals surface area contributed by atoms with Crippen molar-refractivity contribution in [2.45, 2.75) is 12.5 Å². The number of nitrogens with zero attached hydrogens (tertiary/aromatic N) is 1. The highest BCUT2D eigenvalue weighted by Gasteiger charge is 2.15. The van der Waals surface area contributed by atoms with E-state index in [4.69, 9.17) is 5.73 Å². The van der Waals surface area contributed by atoms with Crippen LogP contribution in [0.2, 0.25) is 0 Å². The summed E-state index contributed by atoms with van der Waals surface area (Å²) >= 11 is 0. The van der Waals surface area contributed by atoms with Crippen LogP contribution in [0.1, 0.15) is 17.2 Å². The molecule has 5 heteroatoms. The molecule has 0 fully saturated rings. The van der Waals surface area contributed by atoms with Gasteiger partial charge in [-0.1, -0.05) is 0 Å². The van der Waals surface area contributed by atoms with E-state index >= 15 is 0 Å². The molecule has 0 aliphatic heterocycles. The third kappa shape index (κ3) is 2.62. The molecule has 0 bridgehead atoms. The molecule has 3 N–H and O–H groups in total. The van der Waals surface area contributed by atoms with E-state index in [0.717, 1.165) is 18.2 Å². The molecule has 1 atom stereocenters. The maximum Gasteiger partial charge on any atom is 0.129 e. The van der Waals surface area contributed by atoms with Crippen LogP contribution in [0.5, 0.6) is 0 Å². The minimum absolute atomic E-state index is 0.0834. The SMILES string of the molecule is Nc1ccncc1CC(O)c1cc(F)ccc1F. The average molecular weight is 250 g/mol. The van der Waals surface area contributed by atoms with Gasteiger partial charge in [0, 0.05) is 30.1 Å². The molecule has 0 aliphatic rings. The van der Waals surface area contributed by atoms with E-state index < -0.39 is 17.7 Å². The summed E-state index contributed by atoms with van der Waals surface area (Å²) < 4.78 is 26.5. The van der Waals surface area contributed by atoms with Gasteiger partial charge in [0.15, 0.2) is 0 Å². The number of hydrogen-bond donors (Lipinski definition) is 2. The molecule has 2 rings (SSSR count). The summed E-state index contributed by atoms with van der Waals surface area (Å²) in [7, 11) is 0. The summed E-state index contributed by atoms with van der Waals surface area (Å²) in [5.41, 5.74) is 6.66. The Labute approximate surface area is 103 Å². The number of nitrogen functional groups attached to an aromatic ring is 1. The topological polar surface area (TPSA) is 59.1 Å². The smallest absolute Gasteiger partial charge is 0.129 e. The lowest BCUT2D eigenvalue weighted by atomic mass is 10.0. The molecule has 1 aromatic heterocycles. The Bertz CT molecular complexity index is 560. The Kier molecular flexibility index (Phi) is 3.53. The molecule has 0 saturated heterocycles. The predicted molar refractivity (Wildman–Crippen MR) is 63.7 cm³/mol. The van der Waals surface area contributed by atoms with Gasteiger partial charge in [-0.25, -0.2) is 8.78 Å². The third-order valence-electron chi connectivity index (χ3n) is 2.67. The third-order valence-corrected chi connectivity index (χ3v) is 2.67. The average Bonchev–Trinajstić information content (AvgIpc) is 2.35. The monoisotopic (exact) mass is 250 g/mol. The van der Waals surface area contributed by atoms with E-state index in [0.29, 0.717) is 11.3 Å². The van der Waals surface area contributed by atoms with Crippen molar-refractivity contribution in [1.29, 1.82) is 0 Å². The van der Waals surface area contributed by atoms with Gasteiger partial charge in [0.25, 0.3) is 0 Å². The van der Waals surface area contributed by atoms with Crippen LogP contribution in [0.4, 0.5) is 14.5 Å². The molecule has 18 heavy (non-hydrogen) atoms. The van der Waals surface area contributed by atoms with E-state index in [-0.39, 0.29) is 12.0 Å². The lowest BCUT2D eigenvalue weighted by Crippen LogP contribution is -2.07. The summed E-state index contributed by atoms with van der Waals surface area (Å²) in [5, 5.41) is 9.91. The van der Waals surface area contributed by atoms with Gasteiger partial charge in [0.2, 0.25) is 0 Å². The van der Waals surface area contributed by atoms with Crippen molar-refractivity contribution in [3.05, 3.63) is 59.4 Å². The molecule has 2 aromatic rings. The fraction of sp³-hybridized carbons (Fsp3) is 0.154. The van der Waals surface area contributed by atoms with Gasteiger partial charge in [0.05, 0.1) is 6.10 Å². The predicted octanol–water partition coefficient (Wildman–Crippen LogP) is 2.22. The van der Waals surface area contributed by atoms with Crippen LogP contribution < -0.4 is 5.73 Å². The quantitative estimate of drug-likeness (QED) is 0.878. The molecule has 0 spiro atoms. The Hall–Kier alpha value is -2.01. The molecular formula is C13H12F2N2O. The second-order valence-electron chi connectivity index (χ2n) is 3.96. The molecule has 1 heterocycles. The number of aliphatic hydroxyl groups is 1. The van der Waals surface area contributed by atoms with Gasteiger partial charge >= 0.3 is 0 Å². The van der Waals surface area contributed by atoms with Crippen LogP contribution in [0.3, 0.4) is 0 Å². The van der Waals surface area contributed by atoms with Gasteiger partial charge < -0.3 is 10.8 Å². The maximum absolute atomic E-state index is 13.4. The molecule has 94 valence electrons. The van der Waals surface area contributed by atoms with E-state index in [1.165, 1.54) is 12.4 Å². The minimum atomic E-state index is -1.16. The number of aromatic nitrogens is 1. The molecule has 1 unspecified atom stereocenters. The van der Waals surface area contributed by atoms with E-state index in [1.807, 2.05) is 0 Å². The Morgan fingerprint density at radius 3 is 2.78 bits per heavy atom. The number of anilines is 1. The lowest BCUT2D eigenvalue weighted by Gasteiger charge is -2.13. The Balaban J connectivity index is 2.25. The van der Waals surface area contributed by atoms with Crippen LogP contribution >= 0.6 is 0 Å². The summed E-state index contributed by atoms with van der Waals surface area (Å²) in [5.74, 6) is -1.24. The van der Waals surface area contributed by atoms with Crippen LogP contribution in [0.15, 0.2) is 36.7 Å². The fourth-order valence-electron chi connectivity index (χ4n) is 1.70. The van der Waals surface area contributed by atoms with Crippen molar-refractivity contribution >= 4 is 5.69 Å². The highest BCUT2D eigenvalue weighted by Crippen LogP contribution is 2.23. The van der Waals surface area contributed by atoms with Gasteiger partial charge in [-0.2, -0.15) is 0 Å². The summed E-state index contributed by atoms with van der Waals surface area (Å²) in [6.07, 6.45) is 1.94. The van der Waals surface area contributed by atoms with Crippen molar-refractivity contribution in [2.75, 3.05) is 5.73 Å². The molecule has 0 aliphatic carbocycles. The highest BCUT2D eigenvalue weighted by atomic mass is 19.1. The summed E-state index contributed by atoms with van der Waals surface area (Å²) in [4.78, 5) is 3.87. The van der Waals surface area contributed by atoms with Crippen molar-refractivity contribution < 1.29 is 13.9 Å². The first kappa shape index (κ1) is 12.4. The standard InChI is InChI=1S/C13H12F2N2O/c14-9-1-2-11(15)10(6-9)13(18)5-8-7-17-4-3-12(8)16/h1-4,6-7,13,18H,5H2,(H2,16,17). The first-order valence-electron chi connectivity index (χ1n) is 5.39. The van der Waals surface area contributed by atoms with Crippen LogP contribution in [-0.2, 0) is 6.42 Å². The first-order chi connectivity index (χ1) is 8.58. The van der Waals surface area contributed by atoms with Gasteiger partial charge in [-0.05, 0) is 29.8 Å². The number of halogens is 2. The van der Waals surface area contributed by atoms with E-state index in [2.05, 4.69) is 4.98 Å². The molecule has 0 radical (unpaired) electrons. The lowest BCUT2D eigenvalue weighted by molar-refractivity contribution is 0.173. The second kappa shape index (κ2) is 5.10. The van der Waals surface area contributed by atoms with E-state index in [1.54, 1.807) is 6.07 Å². The largest absolute Gasteiger partial charge is 0.398 e. The van der Waals surface area contributed by atoms with Crippen LogP contribution in [-0.4, -0.2) is 10.1 Å². The Morgan fingerprint density at radius 2 is 2.06 bits per heavy atom. The van der Waals surface area contributed by atoms with Gasteiger partial charge in [-0.3, -0.25) is 4.98 Å². The van der Waals surface area contributed by atoms with Crippen LogP contribution in [0, 0.1) is 11.6 Å². The maximum atomic E-state index is 13.4. The fourth-order valence-corrected chi connectivity index (χ4v) is 1.70. The Morgan fingerprint density at radius 1 is 1.28 bits per heavy atom. The molecule has 0 saturated carbocycles. The van der Waals surface area contributed by atoms with Gasteiger partial charge in [0.1, 0.15) is 11.6 Å². The molecular weight excluding hydrogens is 238 g/mol. The molecule has 3 nitrogen and oxygen atoms in total. The van der Waals surface area contributed by atoms with Crippen molar-refractivity contribution in [2.24, 2.45) is 0 Å². The van der Waals surface area contributed by atoms with Crippen molar-refractivity contribution in [1.82, 2.24) is 4.98 Å². The van der Waals surface area contributed by atoms with Crippen molar-refractivity contribution in [3.63, 3.8) is 0 Å². The number of hydrogen-bond acceptors (Lipinski definition) is 3. The van der Waals surface area contributed by atoms with Crippen molar-refractivity contribution in [3.8, 4) is 0 Å². The van der Waals surface area contributed by atoms with E-state index in [9.17, 15) is 13.9 Å². The van der Waals surface area contributed by atoms with Crippen LogP contribution in [0.25, 0.3) is 0 Å². The second-order valence-corrected chi connectivity index (χ2v) is 3.96. The number of nitrogens with two attached hydrogens (primary N) is 1. The molecule has 1 aromatic carbocycles. The summed E-state index contributed by atoms with van der Waals surface area (Å²) in [6, 6.07) is 4.56. The molecule has 0 amide bonds. The normalized spacial score (nSPS) is 12.4. The number of aliphatic hydroxyl groups excluding tert-OH is 1.